The SMILES string of the molecule is CC(C)C(C#N)(CCCN[C@@H](CCCCN)C(=O)NCC(c1ccccc1)c1ccccc1)c1ccccc1. The molecule has 0 heterocycles. The van der Waals surface area contributed by atoms with Gasteiger partial charge < -0.3 is 16.4 Å². The molecule has 39 heavy (non-hydrogen) atoms. The summed E-state index contributed by atoms with van der Waals surface area (Å²) in [5.74, 6) is 0.276. The molecule has 0 aliphatic heterocycles. The summed E-state index contributed by atoms with van der Waals surface area (Å²) in [5, 5.41) is 16.9. The largest absolute Gasteiger partial charge is 0.354 e. The average Bonchev–Trinajstić information content (AvgIpc) is 2.98. The van der Waals surface area contributed by atoms with Crippen LogP contribution in [0.5, 0.6) is 0 Å². The molecule has 5 heteroatoms. The number of rotatable bonds is 16. The number of hydrogen-bond donors (Lipinski definition) is 3. The molecule has 0 aromatic heterocycles. The van der Waals surface area contributed by atoms with Gasteiger partial charge in [0.05, 0.1) is 17.5 Å². The Morgan fingerprint density at radius 2 is 1.44 bits per heavy atom. The number of benzene rings is 3. The second kappa shape index (κ2) is 15.8. The van der Waals surface area contributed by atoms with Gasteiger partial charge in [-0.3, -0.25) is 4.79 Å². The van der Waals surface area contributed by atoms with E-state index in [1.165, 1.54) is 11.1 Å². The van der Waals surface area contributed by atoms with Crippen LogP contribution in [0.2, 0.25) is 0 Å². The number of nitrogens with one attached hydrogen (secondary N) is 2. The predicted molar refractivity (Wildman–Crippen MR) is 160 cm³/mol. The second-order valence-corrected chi connectivity index (χ2v) is 10.6. The van der Waals surface area contributed by atoms with E-state index < -0.39 is 5.41 Å². The lowest BCUT2D eigenvalue weighted by atomic mass is 9.70. The van der Waals surface area contributed by atoms with Gasteiger partial charge >= 0.3 is 0 Å². The Hall–Kier alpha value is -3.46. The fraction of sp³-hybridized carbons (Fsp3) is 0.412. The average molecular weight is 525 g/mol. The fourth-order valence-corrected chi connectivity index (χ4v) is 5.34. The van der Waals surface area contributed by atoms with Crippen LogP contribution in [0, 0.1) is 17.2 Å². The van der Waals surface area contributed by atoms with Crippen LogP contribution in [0.25, 0.3) is 0 Å². The van der Waals surface area contributed by atoms with Crippen molar-refractivity contribution in [2.24, 2.45) is 11.7 Å². The van der Waals surface area contributed by atoms with Gasteiger partial charge in [-0.1, -0.05) is 111 Å². The Kier molecular flexibility index (Phi) is 12.2. The van der Waals surface area contributed by atoms with Crippen molar-refractivity contribution in [2.75, 3.05) is 19.6 Å². The molecule has 0 saturated heterocycles. The van der Waals surface area contributed by atoms with Crippen LogP contribution in [0.1, 0.15) is 68.6 Å². The van der Waals surface area contributed by atoms with Gasteiger partial charge in [0.2, 0.25) is 5.91 Å². The van der Waals surface area contributed by atoms with E-state index >= 15 is 0 Å². The highest BCUT2D eigenvalue weighted by Gasteiger charge is 2.35. The number of carbonyl (C=O) groups excluding carboxylic acids is 1. The number of amides is 1. The third-order valence-corrected chi connectivity index (χ3v) is 7.76. The smallest absolute Gasteiger partial charge is 0.237 e. The van der Waals surface area contributed by atoms with Crippen molar-refractivity contribution >= 4 is 5.91 Å². The number of nitriles is 1. The first kappa shape index (κ1) is 30.1. The van der Waals surface area contributed by atoms with Crippen molar-refractivity contribution in [1.29, 1.82) is 5.26 Å². The van der Waals surface area contributed by atoms with Gasteiger partial charge in [-0.25, -0.2) is 0 Å². The quantitative estimate of drug-likeness (QED) is 0.203. The molecule has 0 aliphatic carbocycles. The number of carbonyl (C=O) groups is 1. The monoisotopic (exact) mass is 524 g/mol. The lowest BCUT2D eigenvalue weighted by Gasteiger charge is -2.31. The Balaban J connectivity index is 1.64. The minimum atomic E-state index is -0.543. The molecule has 3 rings (SSSR count). The van der Waals surface area contributed by atoms with Gasteiger partial charge in [0.1, 0.15) is 0 Å². The van der Waals surface area contributed by atoms with E-state index in [1.54, 1.807) is 0 Å². The van der Waals surface area contributed by atoms with Crippen LogP contribution in [0.4, 0.5) is 0 Å². The number of hydrogen-bond acceptors (Lipinski definition) is 4. The van der Waals surface area contributed by atoms with Crippen LogP contribution in [0.3, 0.4) is 0 Å². The van der Waals surface area contributed by atoms with Crippen molar-refractivity contribution in [3.63, 3.8) is 0 Å². The zero-order valence-electron chi connectivity index (χ0n) is 23.5. The Morgan fingerprint density at radius 1 is 0.872 bits per heavy atom. The second-order valence-electron chi connectivity index (χ2n) is 10.6. The van der Waals surface area contributed by atoms with Gasteiger partial charge in [-0.05, 0) is 61.4 Å². The van der Waals surface area contributed by atoms with E-state index in [9.17, 15) is 10.1 Å². The zero-order valence-corrected chi connectivity index (χ0v) is 23.5. The summed E-state index contributed by atoms with van der Waals surface area (Å²) in [6.07, 6.45) is 4.05. The summed E-state index contributed by atoms with van der Waals surface area (Å²) in [4.78, 5) is 13.4. The number of nitrogens with two attached hydrogens (primary N) is 1. The normalized spacial score (nSPS) is 13.5. The van der Waals surface area contributed by atoms with Crippen molar-refractivity contribution in [2.45, 2.75) is 63.3 Å². The third-order valence-electron chi connectivity index (χ3n) is 7.76. The van der Waals surface area contributed by atoms with E-state index in [0.717, 1.165) is 37.7 Å². The molecule has 0 saturated carbocycles. The van der Waals surface area contributed by atoms with Crippen LogP contribution in [-0.4, -0.2) is 31.6 Å². The number of nitrogens with zero attached hydrogens (tertiary/aromatic N) is 1. The molecule has 0 aliphatic rings. The molecule has 1 amide bonds. The van der Waals surface area contributed by atoms with E-state index in [0.29, 0.717) is 19.6 Å². The van der Waals surface area contributed by atoms with Crippen molar-refractivity contribution in [3.05, 3.63) is 108 Å². The third kappa shape index (κ3) is 8.51. The Morgan fingerprint density at radius 3 is 1.95 bits per heavy atom. The first-order valence-electron chi connectivity index (χ1n) is 14.3. The molecule has 0 fully saturated rings. The lowest BCUT2D eigenvalue weighted by Crippen LogP contribution is -2.46. The van der Waals surface area contributed by atoms with Gasteiger partial charge in [0, 0.05) is 12.5 Å². The molecule has 4 N–H and O–H groups in total. The molecule has 3 aromatic rings. The van der Waals surface area contributed by atoms with Crippen molar-refractivity contribution in [1.82, 2.24) is 10.6 Å². The summed E-state index contributed by atoms with van der Waals surface area (Å²) >= 11 is 0. The maximum absolute atomic E-state index is 13.4. The maximum Gasteiger partial charge on any atom is 0.237 e. The van der Waals surface area contributed by atoms with Gasteiger partial charge in [-0.15, -0.1) is 0 Å². The molecule has 1 unspecified atom stereocenters. The molecule has 0 spiro atoms. The highest BCUT2D eigenvalue weighted by molar-refractivity contribution is 5.81. The summed E-state index contributed by atoms with van der Waals surface area (Å²) in [5.41, 5.74) is 8.61. The van der Waals surface area contributed by atoms with E-state index in [-0.39, 0.29) is 23.8 Å². The molecular weight excluding hydrogens is 480 g/mol. The molecule has 0 bridgehead atoms. The first-order valence-corrected chi connectivity index (χ1v) is 14.3. The first-order chi connectivity index (χ1) is 19.0. The van der Waals surface area contributed by atoms with Crippen LogP contribution >= 0.6 is 0 Å². The van der Waals surface area contributed by atoms with Crippen molar-refractivity contribution in [3.8, 4) is 6.07 Å². The molecule has 2 atom stereocenters. The summed E-state index contributed by atoms with van der Waals surface area (Å²) in [6, 6.07) is 33.1. The minimum absolute atomic E-state index is 0.0161. The van der Waals surface area contributed by atoms with Gasteiger partial charge in [0.15, 0.2) is 0 Å². The van der Waals surface area contributed by atoms with Gasteiger partial charge in [-0.2, -0.15) is 5.26 Å². The topological polar surface area (TPSA) is 90.9 Å². The summed E-state index contributed by atoms with van der Waals surface area (Å²) in [7, 11) is 0. The van der Waals surface area contributed by atoms with Crippen LogP contribution in [-0.2, 0) is 10.2 Å². The summed E-state index contributed by atoms with van der Waals surface area (Å²) in [6.45, 7) is 6.05. The zero-order chi connectivity index (χ0) is 27.9. The molecule has 206 valence electrons. The van der Waals surface area contributed by atoms with E-state index in [2.05, 4.69) is 66.9 Å². The number of unbranched alkanes of at least 4 members (excludes halogenated alkanes) is 1. The standard InChI is InChI=1S/C34H44N4O/c1-27(2)34(26-36,30-19-10-5-11-20-30)22-14-24-37-32(21-12-13-23-35)33(39)38-25-31(28-15-6-3-7-16-28)29-17-8-4-9-18-29/h3-11,15-20,27,31-32,37H,12-14,21-25,35H2,1-2H3,(H,38,39)/t32-,34?/m0/s1. The van der Waals surface area contributed by atoms with Crippen LogP contribution in [0.15, 0.2) is 91.0 Å². The molecule has 5 nitrogen and oxygen atoms in total. The van der Waals surface area contributed by atoms with Crippen molar-refractivity contribution < 1.29 is 4.79 Å². The summed E-state index contributed by atoms with van der Waals surface area (Å²) < 4.78 is 0. The van der Waals surface area contributed by atoms with Crippen LogP contribution < -0.4 is 16.4 Å². The van der Waals surface area contributed by atoms with Gasteiger partial charge in [0.25, 0.3) is 0 Å². The molecule has 0 radical (unpaired) electrons. The predicted octanol–water partition coefficient (Wildman–Crippen LogP) is 5.92. The highest BCUT2D eigenvalue weighted by atomic mass is 16.2. The van der Waals surface area contributed by atoms with E-state index in [4.69, 9.17) is 5.73 Å². The maximum atomic E-state index is 13.4. The minimum Gasteiger partial charge on any atom is -0.354 e. The highest BCUT2D eigenvalue weighted by Crippen LogP contribution is 2.36. The van der Waals surface area contributed by atoms with E-state index in [1.807, 2.05) is 54.6 Å². The molecular formula is C34H44N4O. The Bertz CT molecular complexity index is 1100. The molecule has 3 aromatic carbocycles. The fourth-order valence-electron chi connectivity index (χ4n) is 5.34. The Labute approximate surface area is 234 Å². The lowest BCUT2D eigenvalue weighted by molar-refractivity contribution is -0.123.